The fourth-order valence-corrected chi connectivity index (χ4v) is 2.94. The first kappa shape index (κ1) is 15.9. The first-order chi connectivity index (χ1) is 11.1. The summed E-state index contributed by atoms with van der Waals surface area (Å²) in [4.78, 5) is 12.0. The van der Waals surface area contributed by atoms with Crippen LogP contribution in [0.3, 0.4) is 0 Å². The number of ketones is 1. The summed E-state index contributed by atoms with van der Waals surface area (Å²) in [5, 5.41) is 8.17. The Morgan fingerprint density at radius 2 is 2.00 bits per heavy atom. The molecule has 0 atom stereocenters. The molecule has 0 bridgehead atoms. The second-order valence-electron chi connectivity index (χ2n) is 4.61. The zero-order valence-electron chi connectivity index (χ0n) is 11.7. The van der Waals surface area contributed by atoms with Crippen molar-refractivity contribution in [1.29, 1.82) is 0 Å². The molecule has 0 spiro atoms. The lowest BCUT2D eigenvalue weighted by Gasteiger charge is -1.99. The van der Waals surface area contributed by atoms with E-state index >= 15 is 0 Å². The first-order valence-electron chi connectivity index (χ1n) is 6.63. The van der Waals surface area contributed by atoms with Crippen LogP contribution < -0.4 is 0 Å². The highest BCUT2D eigenvalue weighted by atomic mass is 79.9. The molecular formula is C16H10BrFN2O2S. The minimum atomic E-state index is -0.435. The fourth-order valence-electron chi connectivity index (χ4n) is 1.88. The van der Waals surface area contributed by atoms with Crippen molar-refractivity contribution in [2.24, 2.45) is 0 Å². The van der Waals surface area contributed by atoms with Gasteiger partial charge in [0.05, 0.1) is 5.75 Å². The molecule has 0 unspecified atom stereocenters. The van der Waals surface area contributed by atoms with Crippen molar-refractivity contribution in [2.75, 3.05) is 5.75 Å². The Bertz CT molecular complexity index is 853. The third-order valence-corrected chi connectivity index (χ3v) is 4.26. The molecule has 0 fully saturated rings. The van der Waals surface area contributed by atoms with Crippen LogP contribution in [0.1, 0.15) is 10.4 Å². The predicted molar refractivity (Wildman–Crippen MR) is 88.9 cm³/mol. The molecule has 7 heteroatoms. The number of benzene rings is 2. The summed E-state index contributed by atoms with van der Waals surface area (Å²) >= 11 is 4.50. The summed E-state index contributed by atoms with van der Waals surface area (Å²) in [5.41, 5.74) is 1.11. The van der Waals surface area contributed by atoms with E-state index in [-0.39, 0.29) is 11.5 Å². The van der Waals surface area contributed by atoms with Gasteiger partial charge in [-0.15, -0.1) is 10.2 Å². The van der Waals surface area contributed by atoms with Gasteiger partial charge in [-0.25, -0.2) is 4.39 Å². The van der Waals surface area contributed by atoms with Gasteiger partial charge in [0, 0.05) is 15.6 Å². The minimum Gasteiger partial charge on any atom is -0.411 e. The molecule has 0 saturated carbocycles. The number of hydrogen-bond donors (Lipinski definition) is 0. The van der Waals surface area contributed by atoms with Crippen LogP contribution in [0.25, 0.3) is 11.5 Å². The Morgan fingerprint density at radius 1 is 1.17 bits per heavy atom. The standard InChI is InChI=1S/C16H10BrFN2O2S/c17-12-5-1-4-11(7-12)15-19-20-16(22-15)23-9-14(21)10-3-2-6-13(18)8-10/h1-8H,9H2. The Labute approximate surface area is 144 Å². The van der Waals surface area contributed by atoms with Gasteiger partial charge < -0.3 is 4.42 Å². The van der Waals surface area contributed by atoms with E-state index in [1.165, 1.54) is 18.2 Å². The van der Waals surface area contributed by atoms with Gasteiger partial charge in [0.15, 0.2) is 5.78 Å². The number of aromatic nitrogens is 2. The number of nitrogens with zero attached hydrogens (tertiary/aromatic N) is 2. The van der Waals surface area contributed by atoms with Gasteiger partial charge in [0.25, 0.3) is 5.22 Å². The lowest BCUT2D eigenvalue weighted by atomic mass is 10.1. The number of carbonyl (C=O) groups is 1. The van der Waals surface area contributed by atoms with E-state index < -0.39 is 5.82 Å². The van der Waals surface area contributed by atoms with Crippen molar-refractivity contribution < 1.29 is 13.6 Å². The summed E-state index contributed by atoms with van der Waals surface area (Å²) in [6, 6.07) is 13.1. The smallest absolute Gasteiger partial charge is 0.277 e. The summed E-state index contributed by atoms with van der Waals surface area (Å²) < 4.78 is 19.5. The van der Waals surface area contributed by atoms with Gasteiger partial charge >= 0.3 is 0 Å². The van der Waals surface area contributed by atoms with Gasteiger partial charge in [-0.2, -0.15) is 0 Å². The molecule has 0 saturated heterocycles. The van der Waals surface area contributed by atoms with Crippen molar-refractivity contribution in [1.82, 2.24) is 10.2 Å². The Hall–Kier alpha value is -1.99. The second-order valence-corrected chi connectivity index (χ2v) is 6.45. The van der Waals surface area contributed by atoms with Crippen LogP contribution in [0.5, 0.6) is 0 Å². The highest BCUT2D eigenvalue weighted by molar-refractivity contribution is 9.10. The first-order valence-corrected chi connectivity index (χ1v) is 8.41. The number of halogens is 2. The summed E-state index contributed by atoms with van der Waals surface area (Å²) in [7, 11) is 0. The van der Waals surface area contributed by atoms with Crippen LogP contribution in [-0.4, -0.2) is 21.7 Å². The summed E-state index contributed by atoms with van der Waals surface area (Å²) in [5.74, 6) is -0.150. The summed E-state index contributed by atoms with van der Waals surface area (Å²) in [6.45, 7) is 0. The van der Waals surface area contributed by atoms with Crippen molar-refractivity contribution in [3.8, 4) is 11.5 Å². The predicted octanol–water partition coefficient (Wildman–Crippen LogP) is 4.61. The van der Waals surface area contributed by atoms with Crippen molar-refractivity contribution in [3.05, 3.63) is 64.4 Å². The lowest BCUT2D eigenvalue weighted by molar-refractivity contribution is 0.102. The molecule has 1 heterocycles. The normalized spacial score (nSPS) is 10.7. The maximum absolute atomic E-state index is 13.1. The van der Waals surface area contributed by atoms with E-state index in [1.807, 2.05) is 24.3 Å². The molecule has 0 N–H and O–H groups in total. The van der Waals surface area contributed by atoms with Gasteiger partial charge in [-0.1, -0.05) is 45.9 Å². The highest BCUT2D eigenvalue weighted by Crippen LogP contribution is 2.25. The number of rotatable bonds is 5. The maximum atomic E-state index is 13.1. The quantitative estimate of drug-likeness (QED) is 0.468. The molecule has 116 valence electrons. The molecule has 4 nitrogen and oxygen atoms in total. The van der Waals surface area contributed by atoms with Gasteiger partial charge in [-0.05, 0) is 30.3 Å². The van der Waals surface area contributed by atoms with E-state index in [0.29, 0.717) is 16.7 Å². The SMILES string of the molecule is O=C(CSc1nnc(-c2cccc(Br)c2)o1)c1cccc(F)c1. The zero-order valence-corrected chi connectivity index (χ0v) is 14.1. The molecule has 0 aliphatic carbocycles. The largest absolute Gasteiger partial charge is 0.411 e. The average Bonchev–Trinajstić information content (AvgIpc) is 3.01. The topological polar surface area (TPSA) is 56.0 Å². The lowest BCUT2D eigenvalue weighted by Crippen LogP contribution is -2.02. The molecule has 0 aliphatic heterocycles. The third kappa shape index (κ3) is 4.05. The van der Waals surface area contributed by atoms with E-state index in [4.69, 9.17) is 4.42 Å². The highest BCUT2D eigenvalue weighted by Gasteiger charge is 2.13. The van der Waals surface area contributed by atoms with Gasteiger partial charge in [-0.3, -0.25) is 4.79 Å². The Balaban J connectivity index is 1.67. The van der Waals surface area contributed by atoms with E-state index in [0.717, 1.165) is 21.8 Å². The number of carbonyl (C=O) groups excluding carboxylic acids is 1. The number of hydrogen-bond acceptors (Lipinski definition) is 5. The average molecular weight is 393 g/mol. The molecule has 3 rings (SSSR count). The van der Waals surface area contributed by atoms with Crippen LogP contribution in [0.15, 0.2) is 62.6 Å². The minimum absolute atomic E-state index is 0.101. The Kier molecular flexibility index (Phi) is 4.88. The third-order valence-electron chi connectivity index (χ3n) is 2.95. The van der Waals surface area contributed by atoms with E-state index in [1.54, 1.807) is 6.07 Å². The van der Waals surface area contributed by atoms with Crippen LogP contribution in [0.4, 0.5) is 4.39 Å². The fraction of sp³-hybridized carbons (Fsp3) is 0.0625. The molecule has 2 aromatic carbocycles. The molecule has 3 aromatic rings. The van der Waals surface area contributed by atoms with Crippen molar-refractivity contribution in [3.63, 3.8) is 0 Å². The van der Waals surface area contributed by atoms with Crippen LogP contribution in [0.2, 0.25) is 0 Å². The second kappa shape index (κ2) is 7.06. The molecule has 1 aromatic heterocycles. The Morgan fingerprint density at radius 3 is 2.78 bits per heavy atom. The van der Waals surface area contributed by atoms with Crippen LogP contribution >= 0.6 is 27.7 Å². The molecule has 0 amide bonds. The molecule has 23 heavy (non-hydrogen) atoms. The van der Waals surface area contributed by atoms with Crippen molar-refractivity contribution >= 4 is 33.5 Å². The number of Topliss-reactive ketones (excluding diaryl/α,β-unsaturated/α-hetero) is 1. The number of thioether (sulfide) groups is 1. The van der Waals surface area contributed by atoms with Gasteiger partial charge in [0.2, 0.25) is 5.89 Å². The van der Waals surface area contributed by atoms with Crippen molar-refractivity contribution in [2.45, 2.75) is 5.22 Å². The summed E-state index contributed by atoms with van der Waals surface area (Å²) in [6.07, 6.45) is 0. The zero-order chi connectivity index (χ0) is 16.2. The van der Waals surface area contributed by atoms with Crippen LogP contribution in [0, 0.1) is 5.82 Å². The maximum Gasteiger partial charge on any atom is 0.277 e. The van der Waals surface area contributed by atoms with Gasteiger partial charge in [0.1, 0.15) is 5.82 Å². The molecule has 0 aliphatic rings. The van der Waals surface area contributed by atoms with E-state index in [2.05, 4.69) is 26.1 Å². The molecular weight excluding hydrogens is 383 g/mol. The molecule has 0 radical (unpaired) electrons. The van der Waals surface area contributed by atoms with E-state index in [9.17, 15) is 9.18 Å². The monoisotopic (exact) mass is 392 g/mol. The van der Waals surface area contributed by atoms with Crippen LogP contribution in [-0.2, 0) is 0 Å².